The topological polar surface area (TPSA) is 59.4 Å². The molecule has 1 fully saturated rings. The predicted molar refractivity (Wildman–Crippen MR) is 70.3 cm³/mol. The first-order valence-electron chi connectivity index (χ1n) is 6.19. The van der Waals surface area contributed by atoms with Crippen LogP contribution in [0.3, 0.4) is 0 Å². The molecule has 1 aliphatic rings. The van der Waals surface area contributed by atoms with Gasteiger partial charge in [-0.25, -0.2) is 9.78 Å². The van der Waals surface area contributed by atoms with Crippen molar-refractivity contribution in [2.24, 2.45) is 0 Å². The molecule has 5 heteroatoms. The lowest BCUT2D eigenvalue weighted by molar-refractivity contribution is 0.0539. The third-order valence-electron chi connectivity index (χ3n) is 3.02. The molecule has 100 valence electrons. The van der Waals surface area contributed by atoms with Crippen molar-refractivity contribution < 1.29 is 14.6 Å². The lowest BCUT2D eigenvalue weighted by Gasteiger charge is -2.13. The van der Waals surface area contributed by atoms with Gasteiger partial charge in [-0.15, -0.1) is 11.3 Å². The van der Waals surface area contributed by atoms with Gasteiger partial charge in [-0.2, -0.15) is 0 Å². The number of carboxylic acid groups (broad SMARTS) is 1. The molecule has 1 saturated heterocycles. The highest BCUT2D eigenvalue weighted by Crippen LogP contribution is 2.40. The number of aromatic nitrogens is 1. The molecule has 1 aliphatic heterocycles. The van der Waals surface area contributed by atoms with E-state index in [1.807, 2.05) is 27.7 Å². The lowest BCUT2D eigenvalue weighted by Crippen LogP contribution is -2.11. The fourth-order valence-corrected chi connectivity index (χ4v) is 3.21. The Labute approximate surface area is 111 Å². The molecule has 1 N–H and O–H groups in total. The monoisotopic (exact) mass is 269 g/mol. The van der Waals surface area contributed by atoms with Crippen molar-refractivity contribution in [3.05, 3.63) is 15.6 Å². The molecule has 1 aromatic heterocycles. The maximum Gasteiger partial charge on any atom is 0.355 e. The van der Waals surface area contributed by atoms with Crippen molar-refractivity contribution in [1.29, 1.82) is 0 Å². The second-order valence-corrected chi connectivity index (χ2v) is 6.83. The highest BCUT2D eigenvalue weighted by atomic mass is 32.1. The Kier molecular flexibility index (Phi) is 3.47. The van der Waals surface area contributed by atoms with Crippen LogP contribution in [-0.4, -0.2) is 22.2 Å². The van der Waals surface area contributed by atoms with Crippen molar-refractivity contribution >= 4 is 17.3 Å². The largest absolute Gasteiger partial charge is 0.476 e. The number of nitrogens with zero attached hydrogens (tertiary/aromatic N) is 1. The summed E-state index contributed by atoms with van der Waals surface area (Å²) in [5.74, 6) is -0.958. The van der Waals surface area contributed by atoms with Crippen LogP contribution in [0.4, 0.5) is 0 Å². The van der Waals surface area contributed by atoms with Gasteiger partial charge < -0.3 is 9.84 Å². The average molecular weight is 269 g/mol. The second-order valence-electron chi connectivity index (χ2n) is 5.80. The normalized spacial score (nSPS) is 24.4. The van der Waals surface area contributed by atoms with Crippen molar-refractivity contribution in [2.45, 2.75) is 58.2 Å². The van der Waals surface area contributed by atoms with Crippen LogP contribution in [-0.2, 0) is 10.2 Å². The van der Waals surface area contributed by atoms with Gasteiger partial charge in [-0.05, 0) is 19.8 Å². The van der Waals surface area contributed by atoms with Crippen LogP contribution in [0.25, 0.3) is 0 Å². The summed E-state index contributed by atoms with van der Waals surface area (Å²) < 4.78 is 5.77. The minimum atomic E-state index is -0.958. The molecule has 1 aromatic rings. The maximum atomic E-state index is 11.3. The molecule has 2 unspecified atom stereocenters. The highest BCUT2D eigenvalue weighted by molar-refractivity contribution is 7.12. The van der Waals surface area contributed by atoms with E-state index in [4.69, 9.17) is 4.74 Å². The zero-order valence-electron chi connectivity index (χ0n) is 11.2. The number of hydrogen-bond acceptors (Lipinski definition) is 4. The molecule has 18 heavy (non-hydrogen) atoms. The molecule has 4 nitrogen and oxygen atoms in total. The molecule has 0 saturated carbocycles. The Morgan fingerprint density at radius 1 is 1.44 bits per heavy atom. The van der Waals surface area contributed by atoms with Gasteiger partial charge in [0.05, 0.1) is 22.1 Å². The molecular formula is C13H19NO3S. The highest BCUT2D eigenvalue weighted by Gasteiger charge is 2.32. The van der Waals surface area contributed by atoms with E-state index in [2.05, 4.69) is 4.98 Å². The first-order valence-corrected chi connectivity index (χ1v) is 7.00. The molecular weight excluding hydrogens is 250 g/mol. The van der Waals surface area contributed by atoms with Gasteiger partial charge >= 0.3 is 5.97 Å². The van der Waals surface area contributed by atoms with E-state index in [-0.39, 0.29) is 23.3 Å². The third-order valence-corrected chi connectivity index (χ3v) is 4.60. The fraction of sp³-hybridized carbons (Fsp3) is 0.692. The van der Waals surface area contributed by atoms with Gasteiger partial charge in [0.1, 0.15) is 0 Å². The molecule has 0 aliphatic carbocycles. The number of thiazole rings is 1. The molecule has 0 amide bonds. The molecule has 0 radical (unpaired) electrons. The van der Waals surface area contributed by atoms with Crippen LogP contribution < -0.4 is 0 Å². The SMILES string of the molecule is CC1CCC(c2sc(C(C)(C)C)nc2C(=O)O)O1. The summed E-state index contributed by atoms with van der Waals surface area (Å²) in [7, 11) is 0. The van der Waals surface area contributed by atoms with E-state index < -0.39 is 5.97 Å². The number of carboxylic acids is 1. The van der Waals surface area contributed by atoms with Crippen LogP contribution in [0, 0.1) is 0 Å². The van der Waals surface area contributed by atoms with E-state index >= 15 is 0 Å². The van der Waals surface area contributed by atoms with Crippen molar-refractivity contribution in [3.63, 3.8) is 0 Å². The molecule has 2 heterocycles. The van der Waals surface area contributed by atoms with Gasteiger partial charge in [-0.1, -0.05) is 20.8 Å². The third kappa shape index (κ3) is 2.57. The van der Waals surface area contributed by atoms with Gasteiger partial charge in [-0.3, -0.25) is 0 Å². The van der Waals surface area contributed by atoms with Crippen LogP contribution in [0.2, 0.25) is 0 Å². The summed E-state index contributed by atoms with van der Waals surface area (Å²) in [6.45, 7) is 8.14. The fourth-order valence-electron chi connectivity index (χ4n) is 2.02. The zero-order valence-corrected chi connectivity index (χ0v) is 12.0. The number of ether oxygens (including phenoxy) is 1. The van der Waals surface area contributed by atoms with E-state index in [0.717, 1.165) is 22.7 Å². The van der Waals surface area contributed by atoms with E-state index in [1.54, 1.807) is 0 Å². The lowest BCUT2D eigenvalue weighted by atomic mass is 9.98. The smallest absolute Gasteiger partial charge is 0.355 e. The van der Waals surface area contributed by atoms with Crippen LogP contribution >= 0.6 is 11.3 Å². The summed E-state index contributed by atoms with van der Waals surface area (Å²) >= 11 is 1.48. The van der Waals surface area contributed by atoms with Gasteiger partial charge in [0.25, 0.3) is 0 Å². The quantitative estimate of drug-likeness (QED) is 0.894. The van der Waals surface area contributed by atoms with Gasteiger partial charge in [0.2, 0.25) is 0 Å². The van der Waals surface area contributed by atoms with Gasteiger partial charge in [0.15, 0.2) is 5.69 Å². The summed E-state index contributed by atoms with van der Waals surface area (Å²) in [4.78, 5) is 16.4. The molecule has 2 atom stereocenters. The Morgan fingerprint density at radius 3 is 2.56 bits per heavy atom. The first kappa shape index (κ1) is 13.5. The van der Waals surface area contributed by atoms with Crippen LogP contribution in [0.15, 0.2) is 0 Å². The van der Waals surface area contributed by atoms with Crippen molar-refractivity contribution in [1.82, 2.24) is 4.98 Å². The number of hydrogen-bond donors (Lipinski definition) is 1. The predicted octanol–water partition coefficient (Wildman–Crippen LogP) is 3.38. The summed E-state index contributed by atoms with van der Waals surface area (Å²) in [6.07, 6.45) is 1.97. The van der Waals surface area contributed by atoms with Crippen LogP contribution in [0.1, 0.15) is 67.0 Å². The summed E-state index contributed by atoms with van der Waals surface area (Å²) in [5, 5.41) is 10.1. The van der Waals surface area contributed by atoms with E-state index in [1.165, 1.54) is 11.3 Å². The number of rotatable bonds is 2. The summed E-state index contributed by atoms with van der Waals surface area (Å²) in [5.41, 5.74) is 0.0428. The first-order chi connectivity index (χ1) is 8.29. The number of aromatic carboxylic acids is 1. The standard InChI is InChI=1S/C13H19NO3S/c1-7-5-6-8(17-7)10-9(11(15)16)14-12(18-10)13(2,3)4/h7-8H,5-6H2,1-4H3,(H,15,16). The molecule has 2 rings (SSSR count). The van der Waals surface area contributed by atoms with E-state index in [9.17, 15) is 9.90 Å². The number of carbonyl (C=O) groups is 1. The minimum Gasteiger partial charge on any atom is -0.476 e. The van der Waals surface area contributed by atoms with Crippen LogP contribution in [0.5, 0.6) is 0 Å². The Bertz CT molecular complexity index is 461. The molecule has 0 spiro atoms. The van der Waals surface area contributed by atoms with E-state index in [0.29, 0.717) is 0 Å². The second kappa shape index (κ2) is 4.63. The Balaban J connectivity index is 2.39. The average Bonchev–Trinajstić information content (AvgIpc) is 2.81. The van der Waals surface area contributed by atoms with Crippen molar-refractivity contribution in [3.8, 4) is 0 Å². The zero-order chi connectivity index (χ0) is 13.5. The van der Waals surface area contributed by atoms with Gasteiger partial charge in [0, 0.05) is 5.41 Å². The Morgan fingerprint density at radius 2 is 2.11 bits per heavy atom. The summed E-state index contributed by atoms with van der Waals surface area (Å²) in [6, 6.07) is 0. The maximum absolute atomic E-state index is 11.3. The Hall–Kier alpha value is -0.940. The molecule has 0 bridgehead atoms. The molecule has 0 aromatic carbocycles. The van der Waals surface area contributed by atoms with Crippen molar-refractivity contribution in [2.75, 3.05) is 0 Å². The minimum absolute atomic E-state index is 0.0975.